The fourth-order valence-electron chi connectivity index (χ4n) is 2.41. The number of hydrogen-bond donors (Lipinski definition) is 1. The minimum Gasteiger partial charge on any atom is -0.497 e. The molecule has 0 heterocycles. The monoisotopic (exact) mass is 327 g/mol. The zero-order valence-electron chi connectivity index (χ0n) is 14.9. The van der Waals surface area contributed by atoms with Gasteiger partial charge in [-0.3, -0.25) is 4.79 Å². The molecule has 0 fully saturated rings. The van der Waals surface area contributed by atoms with Crippen molar-refractivity contribution in [1.82, 2.24) is 0 Å². The molecule has 0 spiro atoms. The van der Waals surface area contributed by atoms with Crippen molar-refractivity contribution >= 4 is 11.6 Å². The Bertz CT molecular complexity index is 710. The van der Waals surface area contributed by atoms with Gasteiger partial charge in [0.15, 0.2) is 6.10 Å². The third kappa shape index (κ3) is 4.51. The summed E-state index contributed by atoms with van der Waals surface area (Å²) in [6.07, 6.45) is -0.601. The number of carbonyl (C=O) groups is 1. The molecule has 0 aliphatic rings. The predicted octanol–water partition coefficient (Wildman–Crippen LogP) is 4.53. The molecule has 1 atom stereocenters. The van der Waals surface area contributed by atoms with Gasteiger partial charge in [-0.1, -0.05) is 32.0 Å². The van der Waals surface area contributed by atoms with Gasteiger partial charge in [0.1, 0.15) is 11.5 Å². The van der Waals surface area contributed by atoms with Gasteiger partial charge in [0.25, 0.3) is 5.91 Å². The first-order valence-corrected chi connectivity index (χ1v) is 8.13. The summed E-state index contributed by atoms with van der Waals surface area (Å²) in [5, 5.41) is 2.86. The highest BCUT2D eigenvalue weighted by Gasteiger charge is 2.18. The third-order valence-electron chi connectivity index (χ3n) is 3.80. The molecule has 0 aliphatic heterocycles. The number of hydrogen-bond acceptors (Lipinski definition) is 3. The predicted molar refractivity (Wildman–Crippen MR) is 97.0 cm³/mol. The van der Waals surface area contributed by atoms with E-state index < -0.39 is 6.10 Å². The zero-order valence-corrected chi connectivity index (χ0v) is 14.9. The average Bonchev–Trinajstić information content (AvgIpc) is 2.54. The average molecular weight is 327 g/mol. The fraction of sp³-hybridized carbons (Fsp3) is 0.350. The van der Waals surface area contributed by atoms with Crippen LogP contribution in [0.4, 0.5) is 5.69 Å². The van der Waals surface area contributed by atoms with Crippen LogP contribution in [-0.4, -0.2) is 19.1 Å². The second-order valence-corrected chi connectivity index (χ2v) is 6.18. The molecular formula is C20H25NO3. The molecule has 2 aromatic rings. The van der Waals surface area contributed by atoms with E-state index in [-0.39, 0.29) is 5.91 Å². The fourth-order valence-corrected chi connectivity index (χ4v) is 2.41. The zero-order chi connectivity index (χ0) is 17.7. The summed E-state index contributed by atoms with van der Waals surface area (Å²) in [5.74, 6) is 1.59. The normalized spacial score (nSPS) is 11.9. The highest BCUT2D eigenvalue weighted by Crippen LogP contribution is 2.28. The summed E-state index contributed by atoms with van der Waals surface area (Å²) in [7, 11) is 1.60. The van der Waals surface area contributed by atoms with Crippen LogP contribution in [0.1, 0.15) is 37.8 Å². The van der Waals surface area contributed by atoms with E-state index in [0.29, 0.717) is 17.4 Å². The van der Waals surface area contributed by atoms with Crippen molar-refractivity contribution in [3.8, 4) is 11.5 Å². The van der Waals surface area contributed by atoms with Crippen molar-refractivity contribution in [2.45, 2.75) is 39.7 Å². The van der Waals surface area contributed by atoms with E-state index in [9.17, 15) is 4.79 Å². The number of anilines is 1. The van der Waals surface area contributed by atoms with Crippen LogP contribution in [0.25, 0.3) is 0 Å². The maximum atomic E-state index is 12.4. The van der Waals surface area contributed by atoms with Crippen LogP contribution in [0.5, 0.6) is 11.5 Å². The number of rotatable bonds is 6. The number of carbonyl (C=O) groups excluding carboxylic acids is 1. The van der Waals surface area contributed by atoms with Crippen molar-refractivity contribution in [2.24, 2.45) is 0 Å². The molecule has 0 aliphatic carbocycles. The van der Waals surface area contributed by atoms with Crippen molar-refractivity contribution in [2.75, 3.05) is 12.4 Å². The lowest BCUT2D eigenvalue weighted by atomic mass is 10.0. The van der Waals surface area contributed by atoms with Gasteiger partial charge in [0.2, 0.25) is 0 Å². The number of aryl methyl sites for hydroxylation is 1. The summed E-state index contributed by atoms with van der Waals surface area (Å²) in [6.45, 7) is 7.98. The molecular weight excluding hydrogens is 302 g/mol. The third-order valence-corrected chi connectivity index (χ3v) is 3.80. The largest absolute Gasteiger partial charge is 0.497 e. The number of methoxy groups -OCH3 is 1. The van der Waals surface area contributed by atoms with Crippen molar-refractivity contribution in [1.29, 1.82) is 0 Å². The van der Waals surface area contributed by atoms with Crippen LogP contribution in [0.15, 0.2) is 42.5 Å². The van der Waals surface area contributed by atoms with Gasteiger partial charge in [-0.05, 0) is 49.1 Å². The molecule has 1 amide bonds. The Balaban J connectivity index is 2.10. The summed E-state index contributed by atoms with van der Waals surface area (Å²) < 4.78 is 11.1. The highest BCUT2D eigenvalue weighted by atomic mass is 16.5. The van der Waals surface area contributed by atoms with Crippen molar-refractivity contribution in [3.05, 3.63) is 53.6 Å². The number of nitrogens with one attached hydrogen (secondary N) is 1. The van der Waals surface area contributed by atoms with E-state index in [1.54, 1.807) is 20.1 Å². The Morgan fingerprint density at radius 1 is 1.08 bits per heavy atom. The van der Waals surface area contributed by atoms with Crippen LogP contribution in [0.2, 0.25) is 0 Å². The first-order valence-electron chi connectivity index (χ1n) is 8.13. The molecule has 128 valence electrons. The molecule has 0 saturated carbocycles. The second kappa shape index (κ2) is 7.86. The summed E-state index contributed by atoms with van der Waals surface area (Å²) in [5.41, 5.74) is 2.89. The van der Waals surface area contributed by atoms with E-state index in [4.69, 9.17) is 9.47 Å². The smallest absolute Gasteiger partial charge is 0.265 e. The molecule has 1 N–H and O–H groups in total. The van der Waals surface area contributed by atoms with Gasteiger partial charge in [-0.15, -0.1) is 0 Å². The van der Waals surface area contributed by atoms with Gasteiger partial charge < -0.3 is 14.8 Å². The summed E-state index contributed by atoms with van der Waals surface area (Å²) >= 11 is 0. The standard InChI is InChI=1S/C20H25NO3/c1-13(2)18-10-9-14(3)11-19(18)24-15(4)20(22)21-16-7-6-8-17(12-16)23-5/h6-13,15H,1-5H3,(H,21,22)/t15-/m1/s1. The van der Waals surface area contributed by atoms with Crippen LogP contribution in [0.3, 0.4) is 0 Å². The minimum atomic E-state index is -0.601. The molecule has 0 bridgehead atoms. The minimum absolute atomic E-state index is 0.195. The van der Waals surface area contributed by atoms with E-state index in [1.165, 1.54) is 0 Å². The van der Waals surface area contributed by atoms with E-state index >= 15 is 0 Å². The Kier molecular flexibility index (Phi) is 5.85. The SMILES string of the molecule is COc1cccc(NC(=O)[C@@H](C)Oc2cc(C)ccc2C(C)C)c1. The first kappa shape index (κ1) is 17.9. The summed E-state index contributed by atoms with van der Waals surface area (Å²) in [6, 6.07) is 13.3. The van der Waals surface area contributed by atoms with Crippen LogP contribution in [0, 0.1) is 6.92 Å². The molecule has 0 aromatic heterocycles. The van der Waals surface area contributed by atoms with Gasteiger partial charge >= 0.3 is 0 Å². The molecule has 24 heavy (non-hydrogen) atoms. The van der Waals surface area contributed by atoms with Gasteiger partial charge in [-0.25, -0.2) is 0 Å². The van der Waals surface area contributed by atoms with E-state index in [1.807, 2.05) is 31.2 Å². The van der Waals surface area contributed by atoms with Gasteiger partial charge in [0, 0.05) is 11.8 Å². The highest BCUT2D eigenvalue weighted by molar-refractivity contribution is 5.94. The molecule has 0 saturated heterocycles. The maximum Gasteiger partial charge on any atom is 0.265 e. The lowest BCUT2D eigenvalue weighted by Crippen LogP contribution is -2.30. The second-order valence-electron chi connectivity index (χ2n) is 6.18. The molecule has 0 unspecified atom stereocenters. The lowest BCUT2D eigenvalue weighted by Gasteiger charge is -2.19. The van der Waals surface area contributed by atoms with Crippen LogP contribution in [-0.2, 0) is 4.79 Å². The molecule has 2 aromatic carbocycles. The Hall–Kier alpha value is -2.49. The van der Waals surface area contributed by atoms with E-state index in [0.717, 1.165) is 16.9 Å². The van der Waals surface area contributed by atoms with Crippen molar-refractivity contribution < 1.29 is 14.3 Å². The quantitative estimate of drug-likeness (QED) is 0.848. The van der Waals surface area contributed by atoms with Crippen LogP contribution >= 0.6 is 0 Å². The van der Waals surface area contributed by atoms with Gasteiger partial charge in [0.05, 0.1) is 7.11 Å². The first-order chi connectivity index (χ1) is 11.4. The van der Waals surface area contributed by atoms with E-state index in [2.05, 4.69) is 31.3 Å². The van der Waals surface area contributed by atoms with Gasteiger partial charge in [-0.2, -0.15) is 0 Å². The maximum absolute atomic E-state index is 12.4. The number of benzene rings is 2. The molecule has 2 rings (SSSR count). The molecule has 4 nitrogen and oxygen atoms in total. The number of amides is 1. The molecule has 0 radical (unpaired) electrons. The Morgan fingerprint density at radius 2 is 1.83 bits per heavy atom. The number of ether oxygens (including phenoxy) is 2. The summed E-state index contributed by atoms with van der Waals surface area (Å²) in [4.78, 5) is 12.4. The lowest BCUT2D eigenvalue weighted by molar-refractivity contribution is -0.122. The van der Waals surface area contributed by atoms with Crippen molar-refractivity contribution in [3.63, 3.8) is 0 Å². The molecule has 4 heteroatoms. The Labute approximate surface area is 143 Å². The Morgan fingerprint density at radius 3 is 2.50 bits per heavy atom. The topological polar surface area (TPSA) is 47.6 Å². The van der Waals surface area contributed by atoms with Crippen LogP contribution < -0.4 is 14.8 Å².